The van der Waals surface area contributed by atoms with Crippen LogP contribution in [0.3, 0.4) is 0 Å². The van der Waals surface area contributed by atoms with E-state index in [1.165, 1.54) is 0 Å². The first-order chi connectivity index (χ1) is 9.69. The van der Waals surface area contributed by atoms with Crippen LogP contribution in [0.2, 0.25) is 0 Å². The molecule has 2 aromatic carbocycles. The van der Waals surface area contributed by atoms with E-state index in [9.17, 15) is 4.79 Å². The van der Waals surface area contributed by atoms with Gasteiger partial charge in [0.05, 0.1) is 12.8 Å². The first kappa shape index (κ1) is 14.0. The van der Waals surface area contributed by atoms with Gasteiger partial charge in [0.1, 0.15) is 5.75 Å². The molecule has 0 saturated heterocycles. The summed E-state index contributed by atoms with van der Waals surface area (Å²) in [6, 6.07) is 16.7. The fourth-order valence-electron chi connectivity index (χ4n) is 1.88. The molecular weight excluding hydrogens is 250 g/mol. The molecule has 0 spiro atoms. The van der Waals surface area contributed by atoms with Crippen molar-refractivity contribution < 1.29 is 9.53 Å². The zero-order valence-electron chi connectivity index (χ0n) is 11.7. The number of hydrogen-bond donors (Lipinski definition) is 0. The Bertz CT molecular complexity index is 601. The normalized spacial score (nSPS) is 11.2. The van der Waals surface area contributed by atoms with Crippen LogP contribution in [0.4, 0.5) is 5.69 Å². The van der Waals surface area contributed by atoms with Crippen molar-refractivity contribution in [2.24, 2.45) is 4.99 Å². The van der Waals surface area contributed by atoms with Gasteiger partial charge in [-0.25, -0.2) is 0 Å². The number of carbonyl (C=O) groups is 1. The van der Waals surface area contributed by atoms with Gasteiger partial charge in [0, 0.05) is 17.7 Å². The topological polar surface area (TPSA) is 38.7 Å². The number of rotatable bonds is 5. The largest absolute Gasteiger partial charge is 0.497 e. The lowest BCUT2D eigenvalue weighted by molar-refractivity contribution is 0.100. The zero-order chi connectivity index (χ0) is 14.4. The average molecular weight is 267 g/mol. The van der Waals surface area contributed by atoms with Crippen molar-refractivity contribution in [1.82, 2.24) is 0 Å². The van der Waals surface area contributed by atoms with E-state index in [0.29, 0.717) is 6.42 Å². The van der Waals surface area contributed by atoms with Crippen molar-refractivity contribution in [2.45, 2.75) is 13.3 Å². The van der Waals surface area contributed by atoms with Crippen molar-refractivity contribution in [3.05, 3.63) is 60.2 Å². The fraction of sp³-hybridized carbons (Fsp3) is 0.176. The van der Waals surface area contributed by atoms with Gasteiger partial charge in [-0.05, 0) is 31.2 Å². The van der Waals surface area contributed by atoms with Crippen LogP contribution in [-0.4, -0.2) is 18.6 Å². The first-order valence-corrected chi connectivity index (χ1v) is 6.45. The molecule has 0 amide bonds. The van der Waals surface area contributed by atoms with Crippen LogP contribution in [-0.2, 0) is 0 Å². The van der Waals surface area contributed by atoms with Crippen LogP contribution in [0.5, 0.6) is 5.75 Å². The van der Waals surface area contributed by atoms with Gasteiger partial charge in [-0.1, -0.05) is 30.3 Å². The summed E-state index contributed by atoms with van der Waals surface area (Å²) < 4.78 is 5.09. The third-order valence-corrected chi connectivity index (χ3v) is 2.90. The molecule has 0 aromatic heterocycles. The molecule has 0 fully saturated rings. The molecule has 0 radical (unpaired) electrons. The molecule has 3 heteroatoms. The lowest BCUT2D eigenvalue weighted by atomic mass is 10.1. The number of carbonyl (C=O) groups excluding carboxylic acids is 1. The summed E-state index contributed by atoms with van der Waals surface area (Å²) in [6.45, 7) is 1.87. The fourth-order valence-corrected chi connectivity index (χ4v) is 1.88. The van der Waals surface area contributed by atoms with E-state index in [1.807, 2.05) is 61.5 Å². The highest BCUT2D eigenvalue weighted by molar-refractivity contribution is 6.09. The van der Waals surface area contributed by atoms with Gasteiger partial charge in [0.2, 0.25) is 0 Å². The van der Waals surface area contributed by atoms with E-state index >= 15 is 0 Å². The molecule has 0 aliphatic rings. The van der Waals surface area contributed by atoms with Crippen LogP contribution in [0, 0.1) is 0 Å². The molecule has 2 aromatic rings. The summed E-state index contributed by atoms with van der Waals surface area (Å²) >= 11 is 0. The molecule has 0 bridgehead atoms. The molecule has 0 atom stereocenters. The van der Waals surface area contributed by atoms with Crippen molar-refractivity contribution in [3.63, 3.8) is 0 Å². The average Bonchev–Trinajstić information content (AvgIpc) is 2.49. The number of nitrogens with zero attached hydrogens (tertiary/aromatic N) is 1. The van der Waals surface area contributed by atoms with Gasteiger partial charge >= 0.3 is 0 Å². The Balaban J connectivity index is 2.05. The van der Waals surface area contributed by atoms with Gasteiger partial charge in [-0.15, -0.1) is 0 Å². The molecule has 0 aliphatic carbocycles. The Labute approximate surface area is 118 Å². The number of benzene rings is 2. The van der Waals surface area contributed by atoms with E-state index in [-0.39, 0.29) is 5.78 Å². The maximum atomic E-state index is 12.0. The number of Topliss-reactive ketones (excluding diaryl/α,β-unsaturated/α-hetero) is 1. The SMILES string of the molecule is COc1ccc(N=C(C)CC(=O)c2ccccc2)cc1. The molecule has 102 valence electrons. The first-order valence-electron chi connectivity index (χ1n) is 6.45. The zero-order valence-corrected chi connectivity index (χ0v) is 11.7. The highest BCUT2D eigenvalue weighted by atomic mass is 16.5. The van der Waals surface area contributed by atoms with Crippen molar-refractivity contribution >= 4 is 17.2 Å². The van der Waals surface area contributed by atoms with Crippen LogP contribution in [0.1, 0.15) is 23.7 Å². The summed E-state index contributed by atoms with van der Waals surface area (Å²) in [5.74, 6) is 0.877. The molecular formula is C17H17NO2. The molecule has 3 nitrogen and oxygen atoms in total. The molecule has 0 saturated carbocycles. The summed E-state index contributed by atoms with van der Waals surface area (Å²) in [5.41, 5.74) is 2.34. The number of methoxy groups -OCH3 is 1. The van der Waals surface area contributed by atoms with Gasteiger partial charge in [0.15, 0.2) is 5.78 Å². The third-order valence-electron chi connectivity index (χ3n) is 2.90. The monoisotopic (exact) mass is 267 g/mol. The second kappa shape index (κ2) is 6.66. The Morgan fingerprint density at radius 1 is 1.05 bits per heavy atom. The van der Waals surface area contributed by atoms with Crippen LogP contribution in [0.25, 0.3) is 0 Å². The molecule has 0 aliphatic heterocycles. The predicted molar refractivity (Wildman–Crippen MR) is 81.2 cm³/mol. The van der Waals surface area contributed by atoms with E-state index < -0.39 is 0 Å². The third kappa shape index (κ3) is 3.79. The molecule has 20 heavy (non-hydrogen) atoms. The Kier molecular flexibility index (Phi) is 4.66. The summed E-state index contributed by atoms with van der Waals surface area (Å²) in [5, 5.41) is 0. The molecule has 0 N–H and O–H groups in total. The maximum Gasteiger partial charge on any atom is 0.168 e. The van der Waals surface area contributed by atoms with Gasteiger partial charge in [0.25, 0.3) is 0 Å². The summed E-state index contributed by atoms with van der Waals surface area (Å²) in [7, 11) is 1.63. The quantitative estimate of drug-likeness (QED) is 0.605. The predicted octanol–water partition coefficient (Wildman–Crippen LogP) is 4.06. The lowest BCUT2D eigenvalue weighted by Crippen LogP contribution is -2.04. The van der Waals surface area contributed by atoms with Gasteiger partial charge < -0.3 is 4.74 Å². The highest BCUT2D eigenvalue weighted by Crippen LogP contribution is 2.18. The minimum absolute atomic E-state index is 0.0837. The minimum atomic E-state index is 0.0837. The number of aliphatic imine (C=N–C) groups is 1. The Morgan fingerprint density at radius 2 is 1.70 bits per heavy atom. The summed E-state index contributed by atoms with van der Waals surface area (Å²) in [4.78, 5) is 16.5. The number of ketones is 1. The van der Waals surface area contributed by atoms with Crippen molar-refractivity contribution in [2.75, 3.05) is 7.11 Å². The van der Waals surface area contributed by atoms with Crippen LogP contribution >= 0.6 is 0 Å². The molecule has 0 unspecified atom stereocenters. The van der Waals surface area contributed by atoms with E-state index in [2.05, 4.69) is 4.99 Å². The molecule has 0 heterocycles. The van der Waals surface area contributed by atoms with Crippen molar-refractivity contribution in [3.8, 4) is 5.75 Å². The Morgan fingerprint density at radius 3 is 2.30 bits per heavy atom. The highest BCUT2D eigenvalue weighted by Gasteiger charge is 2.06. The van der Waals surface area contributed by atoms with Crippen LogP contribution < -0.4 is 4.74 Å². The van der Waals surface area contributed by atoms with E-state index in [4.69, 9.17) is 4.74 Å². The second-order valence-electron chi connectivity index (χ2n) is 4.51. The lowest BCUT2D eigenvalue weighted by Gasteiger charge is -2.02. The Hall–Kier alpha value is -2.42. The second-order valence-corrected chi connectivity index (χ2v) is 4.51. The maximum absolute atomic E-state index is 12.0. The van der Waals surface area contributed by atoms with E-state index in [1.54, 1.807) is 7.11 Å². The summed E-state index contributed by atoms with van der Waals surface area (Å²) in [6.07, 6.45) is 0.329. The standard InChI is InChI=1S/C17H17NO2/c1-13(12-17(19)14-6-4-3-5-7-14)18-15-8-10-16(20-2)11-9-15/h3-11H,12H2,1-2H3. The molecule has 2 rings (SSSR count). The van der Waals surface area contributed by atoms with Gasteiger partial charge in [-0.2, -0.15) is 0 Å². The number of hydrogen-bond acceptors (Lipinski definition) is 3. The van der Waals surface area contributed by atoms with Crippen molar-refractivity contribution in [1.29, 1.82) is 0 Å². The minimum Gasteiger partial charge on any atom is -0.497 e. The van der Waals surface area contributed by atoms with Gasteiger partial charge in [-0.3, -0.25) is 9.79 Å². The smallest absolute Gasteiger partial charge is 0.168 e. The van der Waals surface area contributed by atoms with Crippen LogP contribution in [0.15, 0.2) is 59.6 Å². The number of ether oxygens (including phenoxy) is 1. The van der Waals surface area contributed by atoms with E-state index in [0.717, 1.165) is 22.7 Å².